The summed E-state index contributed by atoms with van der Waals surface area (Å²) in [5.41, 5.74) is 0. The Morgan fingerprint density at radius 2 is 1.88 bits per heavy atom. The summed E-state index contributed by atoms with van der Waals surface area (Å²) < 4.78 is 0. The van der Waals surface area contributed by atoms with E-state index in [0.717, 1.165) is 0 Å². The van der Waals surface area contributed by atoms with Crippen molar-refractivity contribution in [1.29, 1.82) is 0 Å². The molecule has 0 heterocycles. The first-order valence-electron chi connectivity index (χ1n) is 3.23. The zero-order valence-corrected chi connectivity index (χ0v) is 6.11. The highest BCUT2D eigenvalue weighted by Gasteiger charge is 1.80. The molecule has 0 spiro atoms. The van der Waals surface area contributed by atoms with E-state index in [0.29, 0.717) is 0 Å². The Morgan fingerprint density at radius 3 is 2.25 bits per heavy atom. The fourth-order valence-electron chi connectivity index (χ4n) is 0.553. The molecular weight excluding hydrogens is 98.1 g/mol. The van der Waals surface area contributed by atoms with E-state index in [1.165, 1.54) is 25.7 Å². The lowest BCUT2D eigenvalue weighted by atomic mass is 10.2. The first-order valence-corrected chi connectivity index (χ1v) is 3.23. The molecule has 1 heteroatoms. The number of hydrogen-bond donors (Lipinski definition) is 1. The molecule has 0 aromatic heterocycles. The maximum atomic E-state index is 2.34. The number of unbranched alkanes of at least 4 members (excludes halogenated alkanes) is 4. The van der Waals surface area contributed by atoms with E-state index < -0.39 is 0 Å². The van der Waals surface area contributed by atoms with Gasteiger partial charge in [-0.15, -0.1) is 0 Å². The summed E-state index contributed by atoms with van der Waals surface area (Å²) in [6.07, 6.45) is 7.58. The molecule has 1 nitrogen and oxygen atoms in total. The van der Waals surface area contributed by atoms with Crippen molar-refractivity contribution in [3.8, 4) is 0 Å². The third-order valence-corrected chi connectivity index (χ3v) is 1.05. The van der Waals surface area contributed by atoms with E-state index >= 15 is 0 Å². The van der Waals surface area contributed by atoms with Crippen molar-refractivity contribution in [1.82, 2.24) is 6.15 Å². The van der Waals surface area contributed by atoms with Gasteiger partial charge in [0.2, 0.25) is 0 Å². The van der Waals surface area contributed by atoms with E-state index in [1.54, 1.807) is 0 Å². The van der Waals surface area contributed by atoms with Gasteiger partial charge in [-0.2, -0.15) is 0 Å². The summed E-state index contributed by atoms with van der Waals surface area (Å²) in [5.74, 6) is 0. The van der Waals surface area contributed by atoms with Crippen molar-refractivity contribution < 1.29 is 0 Å². The minimum absolute atomic E-state index is 0. The monoisotopic (exact) mass is 116 g/mol. The van der Waals surface area contributed by atoms with Crippen molar-refractivity contribution in [3.05, 3.63) is 6.42 Å². The molecule has 0 bridgehead atoms. The summed E-state index contributed by atoms with van der Waals surface area (Å²) in [6.45, 7) is 4.42. The Kier molecular flexibility index (Phi) is 13.6. The summed E-state index contributed by atoms with van der Waals surface area (Å²) in [4.78, 5) is 0. The Balaban J connectivity index is 0. The number of rotatable bonds is 4. The molecule has 0 amide bonds. The molecule has 0 aliphatic rings. The first-order chi connectivity index (χ1) is 3.41. The molecule has 1 radical (unpaired) electrons. The molecule has 0 saturated heterocycles. The van der Waals surface area contributed by atoms with Crippen LogP contribution in [0.2, 0.25) is 0 Å². The Bertz CT molecular complexity index is 23.6. The molecule has 0 atom stereocenters. The third-order valence-electron chi connectivity index (χ3n) is 1.05. The lowest BCUT2D eigenvalue weighted by Crippen LogP contribution is -1.72. The standard InChI is InChI=1S/C7H15.H3N/c1-3-5-7-6-4-2;/h5H,3-4,6-7H2,1-2H3;1H3. The average molecular weight is 116 g/mol. The maximum Gasteiger partial charge on any atom is -0.0389 e. The van der Waals surface area contributed by atoms with E-state index in [9.17, 15) is 0 Å². The molecule has 0 rings (SSSR count). The van der Waals surface area contributed by atoms with Crippen LogP contribution >= 0.6 is 0 Å². The summed E-state index contributed by atoms with van der Waals surface area (Å²) in [5, 5.41) is 0. The van der Waals surface area contributed by atoms with Crippen molar-refractivity contribution >= 4 is 0 Å². The average Bonchev–Trinajstić information content (AvgIpc) is 1.69. The molecule has 8 heavy (non-hydrogen) atoms. The van der Waals surface area contributed by atoms with Gasteiger partial charge in [0.1, 0.15) is 0 Å². The van der Waals surface area contributed by atoms with Crippen molar-refractivity contribution in [2.24, 2.45) is 0 Å². The molecule has 0 aliphatic carbocycles. The van der Waals surface area contributed by atoms with E-state index in [-0.39, 0.29) is 6.15 Å². The van der Waals surface area contributed by atoms with Gasteiger partial charge in [0.05, 0.1) is 0 Å². The van der Waals surface area contributed by atoms with E-state index in [4.69, 9.17) is 0 Å². The van der Waals surface area contributed by atoms with Crippen molar-refractivity contribution in [3.63, 3.8) is 0 Å². The van der Waals surface area contributed by atoms with Crippen LogP contribution < -0.4 is 6.15 Å². The largest absolute Gasteiger partial charge is 0.344 e. The van der Waals surface area contributed by atoms with Crippen LogP contribution in [-0.4, -0.2) is 0 Å². The van der Waals surface area contributed by atoms with Gasteiger partial charge >= 0.3 is 0 Å². The first kappa shape index (κ1) is 10.9. The molecule has 0 unspecified atom stereocenters. The van der Waals surface area contributed by atoms with Gasteiger partial charge in [-0.25, -0.2) is 0 Å². The van der Waals surface area contributed by atoms with Crippen molar-refractivity contribution in [2.75, 3.05) is 0 Å². The highest BCUT2D eigenvalue weighted by molar-refractivity contribution is 4.59. The predicted molar refractivity (Wildman–Crippen MR) is 39.1 cm³/mol. The minimum atomic E-state index is 0. The predicted octanol–water partition coefficient (Wildman–Crippen LogP) is 2.95. The van der Waals surface area contributed by atoms with Gasteiger partial charge in [0.15, 0.2) is 0 Å². The van der Waals surface area contributed by atoms with Crippen LogP contribution in [0.15, 0.2) is 0 Å². The lowest BCUT2D eigenvalue weighted by molar-refractivity contribution is 0.761. The Labute approximate surface area is 53.1 Å². The van der Waals surface area contributed by atoms with Crippen LogP contribution in [0.3, 0.4) is 0 Å². The van der Waals surface area contributed by atoms with Gasteiger partial charge in [-0.1, -0.05) is 39.5 Å². The second-order valence-corrected chi connectivity index (χ2v) is 1.84. The summed E-state index contributed by atoms with van der Waals surface area (Å²) >= 11 is 0. The van der Waals surface area contributed by atoms with Gasteiger partial charge in [-0.05, 0) is 6.42 Å². The van der Waals surface area contributed by atoms with Crippen LogP contribution in [0.5, 0.6) is 0 Å². The second kappa shape index (κ2) is 10.0. The van der Waals surface area contributed by atoms with Gasteiger partial charge in [-0.3, -0.25) is 0 Å². The zero-order valence-electron chi connectivity index (χ0n) is 6.11. The maximum absolute atomic E-state index is 2.34. The topological polar surface area (TPSA) is 35.0 Å². The molecule has 3 N–H and O–H groups in total. The van der Waals surface area contributed by atoms with Gasteiger partial charge in [0.25, 0.3) is 0 Å². The fourth-order valence-corrected chi connectivity index (χ4v) is 0.553. The third kappa shape index (κ3) is 9.35. The van der Waals surface area contributed by atoms with Crippen LogP contribution in [-0.2, 0) is 0 Å². The van der Waals surface area contributed by atoms with E-state index in [1.807, 2.05) is 0 Å². The van der Waals surface area contributed by atoms with Gasteiger partial charge < -0.3 is 6.15 Å². The molecule has 0 fully saturated rings. The smallest absolute Gasteiger partial charge is 0.0389 e. The highest BCUT2D eigenvalue weighted by Crippen LogP contribution is 1.98. The fraction of sp³-hybridized carbons (Fsp3) is 0.857. The molecule has 0 saturated carbocycles. The summed E-state index contributed by atoms with van der Waals surface area (Å²) in [7, 11) is 0. The van der Waals surface area contributed by atoms with E-state index in [2.05, 4.69) is 20.3 Å². The number of hydrogen-bond acceptors (Lipinski definition) is 1. The molecule has 0 aliphatic heterocycles. The molecule has 51 valence electrons. The molecule has 0 aromatic rings. The highest BCUT2D eigenvalue weighted by atomic mass is 14.0. The molecular formula is C7H18N. The molecule has 0 aromatic carbocycles. The SMILES string of the molecule is CC[CH]CCCC.N. The van der Waals surface area contributed by atoms with Crippen LogP contribution in [0.4, 0.5) is 0 Å². The minimum Gasteiger partial charge on any atom is -0.344 e. The second-order valence-electron chi connectivity index (χ2n) is 1.84. The van der Waals surface area contributed by atoms with Gasteiger partial charge in [0, 0.05) is 0 Å². The zero-order chi connectivity index (χ0) is 5.54. The van der Waals surface area contributed by atoms with Crippen LogP contribution in [0.1, 0.15) is 39.5 Å². The lowest BCUT2D eigenvalue weighted by Gasteiger charge is -1.90. The van der Waals surface area contributed by atoms with Crippen LogP contribution in [0, 0.1) is 6.42 Å². The Hall–Kier alpha value is -0.0400. The van der Waals surface area contributed by atoms with Crippen LogP contribution in [0.25, 0.3) is 0 Å². The normalized spacial score (nSPS) is 8.25. The quantitative estimate of drug-likeness (QED) is 0.563. The summed E-state index contributed by atoms with van der Waals surface area (Å²) in [6, 6.07) is 0. The van der Waals surface area contributed by atoms with Crippen molar-refractivity contribution in [2.45, 2.75) is 39.5 Å². The Morgan fingerprint density at radius 1 is 1.25 bits per heavy atom.